The molecule has 2 nitrogen and oxygen atoms in total. The van der Waals surface area contributed by atoms with Crippen molar-refractivity contribution in [3.8, 4) is 0 Å². The van der Waals surface area contributed by atoms with Gasteiger partial charge in [-0.15, -0.1) is 0 Å². The van der Waals surface area contributed by atoms with Crippen LogP contribution in [0.3, 0.4) is 0 Å². The molecule has 1 rings (SSSR count). The molecule has 0 aromatic carbocycles. The molecule has 1 aliphatic rings. The van der Waals surface area contributed by atoms with E-state index in [2.05, 4.69) is 20.8 Å². The van der Waals surface area contributed by atoms with Gasteiger partial charge in [-0.1, -0.05) is 26.7 Å². The van der Waals surface area contributed by atoms with Gasteiger partial charge in [-0.25, -0.2) is 0 Å². The fourth-order valence-electron chi connectivity index (χ4n) is 1.98. The van der Waals surface area contributed by atoms with Crippen molar-refractivity contribution in [2.45, 2.75) is 58.6 Å². The quantitative estimate of drug-likeness (QED) is 0.738. The van der Waals surface area contributed by atoms with E-state index in [1.807, 2.05) is 0 Å². The van der Waals surface area contributed by atoms with Crippen molar-refractivity contribution in [3.63, 3.8) is 0 Å². The zero-order chi connectivity index (χ0) is 10.6. The Kier molecular flexibility index (Phi) is 4.90. The lowest BCUT2D eigenvalue weighted by atomic mass is 10.00. The number of rotatable bonds is 5. The van der Waals surface area contributed by atoms with E-state index in [1.165, 1.54) is 25.7 Å². The summed E-state index contributed by atoms with van der Waals surface area (Å²) in [6.45, 7) is 7.24. The van der Waals surface area contributed by atoms with Crippen molar-refractivity contribution < 1.29 is 4.74 Å². The minimum atomic E-state index is 0.263. The first-order valence-electron chi connectivity index (χ1n) is 5.98. The van der Waals surface area contributed by atoms with Crippen LogP contribution in [0.2, 0.25) is 0 Å². The molecule has 0 aromatic rings. The largest absolute Gasteiger partial charge is 0.377 e. The van der Waals surface area contributed by atoms with Crippen molar-refractivity contribution in [1.82, 2.24) is 0 Å². The molecule has 0 aromatic heterocycles. The SMILES string of the molecule is CC(C)C(C)OCC(N)C1CCCC1. The molecular formula is C12H25NO. The Morgan fingerprint density at radius 2 is 1.79 bits per heavy atom. The Bertz CT molecular complexity index is 152. The summed E-state index contributed by atoms with van der Waals surface area (Å²) < 4.78 is 5.75. The maximum atomic E-state index is 6.10. The Hall–Kier alpha value is -0.0800. The third kappa shape index (κ3) is 3.58. The molecule has 0 radical (unpaired) electrons. The van der Waals surface area contributed by atoms with Crippen LogP contribution in [0.5, 0.6) is 0 Å². The highest BCUT2D eigenvalue weighted by Crippen LogP contribution is 2.27. The van der Waals surface area contributed by atoms with Gasteiger partial charge in [0.15, 0.2) is 0 Å². The molecule has 2 unspecified atom stereocenters. The standard InChI is InChI=1S/C12H25NO/c1-9(2)10(3)14-8-12(13)11-6-4-5-7-11/h9-12H,4-8,13H2,1-3H3. The number of hydrogen-bond acceptors (Lipinski definition) is 2. The molecule has 2 heteroatoms. The van der Waals surface area contributed by atoms with E-state index >= 15 is 0 Å². The summed E-state index contributed by atoms with van der Waals surface area (Å²) >= 11 is 0. The average molecular weight is 199 g/mol. The van der Waals surface area contributed by atoms with Crippen LogP contribution in [0.25, 0.3) is 0 Å². The van der Waals surface area contributed by atoms with Crippen LogP contribution in [0.15, 0.2) is 0 Å². The lowest BCUT2D eigenvalue weighted by Gasteiger charge is -2.23. The van der Waals surface area contributed by atoms with E-state index in [1.54, 1.807) is 0 Å². The molecular weight excluding hydrogens is 174 g/mol. The maximum absolute atomic E-state index is 6.10. The maximum Gasteiger partial charge on any atom is 0.0623 e. The third-order valence-corrected chi connectivity index (χ3v) is 3.50. The zero-order valence-electron chi connectivity index (χ0n) is 9.83. The molecule has 0 heterocycles. The van der Waals surface area contributed by atoms with Crippen LogP contribution in [0.1, 0.15) is 46.5 Å². The molecule has 2 N–H and O–H groups in total. The fourth-order valence-corrected chi connectivity index (χ4v) is 1.98. The van der Waals surface area contributed by atoms with Crippen LogP contribution < -0.4 is 5.73 Å². The van der Waals surface area contributed by atoms with Gasteiger partial charge in [0.05, 0.1) is 12.7 Å². The van der Waals surface area contributed by atoms with Gasteiger partial charge in [-0.05, 0) is 31.6 Å². The molecule has 1 saturated carbocycles. The van der Waals surface area contributed by atoms with Crippen molar-refractivity contribution in [2.75, 3.05) is 6.61 Å². The molecule has 1 fully saturated rings. The van der Waals surface area contributed by atoms with E-state index < -0.39 is 0 Å². The molecule has 0 bridgehead atoms. The number of nitrogens with two attached hydrogens (primary N) is 1. The lowest BCUT2D eigenvalue weighted by molar-refractivity contribution is 0.0196. The van der Waals surface area contributed by atoms with Crippen molar-refractivity contribution >= 4 is 0 Å². The van der Waals surface area contributed by atoms with Crippen LogP contribution in [0.4, 0.5) is 0 Å². The Morgan fingerprint density at radius 1 is 1.21 bits per heavy atom. The van der Waals surface area contributed by atoms with E-state index in [0.717, 1.165) is 12.5 Å². The molecule has 0 saturated heterocycles. The van der Waals surface area contributed by atoms with Crippen LogP contribution in [-0.2, 0) is 4.74 Å². The van der Waals surface area contributed by atoms with Gasteiger partial charge in [-0.3, -0.25) is 0 Å². The fraction of sp³-hybridized carbons (Fsp3) is 1.00. The smallest absolute Gasteiger partial charge is 0.0623 e. The minimum absolute atomic E-state index is 0.263. The first kappa shape index (κ1) is 12.0. The van der Waals surface area contributed by atoms with Crippen LogP contribution in [0, 0.1) is 11.8 Å². The number of hydrogen-bond donors (Lipinski definition) is 1. The van der Waals surface area contributed by atoms with Crippen molar-refractivity contribution in [2.24, 2.45) is 17.6 Å². The summed E-state index contributed by atoms with van der Waals surface area (Å²) in [5.74, 6) is 1.31. The molecule has 0 spiro atoms. The predicted octanol–water partition coefficient (Wildman–Crippen LogP) is 2.57. The topological polar surface area (TPSA) is 35.2 Å². The first-order chi connectivity index (χ1) is 6.61. The zero-order valence-corrected chi connectivity index (χ0v) is 9.83. The average Bonchev–Trinajstić information content (AvgIpc) is 2.66. The Balaban J connectivity index is 2.16. The molecule has 0 amide bonds. The third-order valence-electron chi connectivity index (χ3n) is 3.50. The van der Waals surface area contributed by atoms with Gasteiger partial charge in [-0.2, -0.15) is 0 Å². The Morgan fingerprint density at radius 3 is 2.29 bits per heavy atom. The second kappa shape index (κ2) is 5.72. The van der Waals surface area contributed by atoms with Crippen LogP contribution in [-0.4, -0.2) is 18.8 Å². The summed E-state index contributed by atoms with van der Waals surface area (Å²) in [5, 5.41) is 0. The molecule has 1 aliphatic carbocycles. The van der Waals surface area contributed by atoms with Gasteiger partial charge in [0.25, 0.3) is 0 Å². The van der Waals surface area contributed by atoms with Crippen LogP contribution >= 0.6 is 0 Å². The van der Waals surface area contributed by atoms with Gasteiger partial charge in [0, 0.05) is 6.04 Å². The summed E-state index contributed by atoms with van der Waals surface area (Å²) in [6.07, 6.45) is 5.67. The summed E-state index contributed by atoms with van der Waals surface area (Å²) in [4.78, 5) is 0. The number of ether oxygens (including phenoxy) is 1. The van der Waals surface area contributed by atoms with Gasteiger partial charge in [0.2, 0.25) is 0 Å². The highest BCUT2D eigenvalue weighted by atomic mass is 16.5. The lowest BCUT2D eigenvalue weighted by Crippen LogP contribution is -2.35. The van der Waals surface area contributed by atoms with Gasteiger partial charge < -0.3 is 10.5 Å². The molecule has 84 valence electrons. The summed E-state index contributed by atoms with van der Waals surface area (Å²) in [5.41, 5.74) is 6.10. The van der Waals surface area contributed by atoms with E-state index in [9.17, 15) is 0 Å². The molecule has 14 heavy (non-hydrogen) atoms. The van der Waals surface area contributed by atoms with Crippen molar-refractivity contribution in [3.05, 3.63) is 0 Å². The minimum Gasteiger partial charge on any atom is -0.377 e. The van der Waals surface area contributed by atoms with E-state index in [0.29, 0.717) is 12.0 Å². The van der Waals surface area contributed by atoms with Gasteiger partial charge in [0.1, 0.15) is 0 Å². The highest BCUT2D eigenvalue weighted by Gasteiger charge is 2.22. The van der Waals surface area contributed by atoms with Crippen molar-refractivity contribution in [1.29, 1.82) is 0 Å². The first-order valence-corrected chi connectivity index (χ1v) is 5.98. The molecule has 2 atom stereocenters. The van der Waals surface area contributed by atoms with E-state index in [4.69, 9.17) is 10.5 Å². The molecule has 0 aliphatic heterocycles. The monoisotopic (exact) mass is 199 g/mol. The summed E-state index contributed by atoms with van der Waals surface area (Å²) in [7, 11) is 0. The summed E-state index contributed by atoms with van der Waals surface area (Å²) in [6, 6.07) is 0.263. The highest BCUT2D eigenvalue weighted by molar-refractivity contribution is 4.77. The Labute approximate surface area is 88.2 Å². The second-order valence-corrected chi connectivity index (χ2v) is 4.99. The predicted molar refractivity (Wildman–Crippen MR) is 60.2 cm³/mol. The second-order valence-electron chi connectivity index (χ2n) is 4.99. The normalized spacial score (nSPS) is 22.9. The van der Waals surface area contributed by atoms with E-state index in [-0.39, 0.29) is 6.04 Å². The van der Waals surface area contributed by atoms with Gasteiger partial charge >= 0.3 is 0 Å².